The van der Waals surface area contributed by atoms with Crippen molar-refractivity contribution in [3.63, 3.8) is 0 Å². The zero-order valence-electron chi connectivity index (χ0n) is 26.2. The van der Waals surface area contributed by atoms with Gasteiger partial charge in [-0.1, -0.05) is 5.16 Å². The summed E-state index contributed by atoms with van der Waals surface area (Å²) in [7, 11) is -6.33. The van der Waals surface area contributed by atoms with E-state index < -0.39 is 63.1 Å². The van der Waals surface area contributed by atoms with Crippen LogP contribution in [0.25, 0.3) is 0 Å². The fraction of sp³-hybridized carbons (Fsp3) is 0.562. The van der Waals surface area contributed by atoms with Crippen LogP contribution in [0, 0.1) is 23.2 Å². The first-order valence-corrected chi connectivity index (χ1v) is 17.1. The van der Waals surface area contributed by atoms with Crippen molar-refractivity contribution in [3.05, 3.63) is 59.7 Å². The van der Waals surface area contributed by atoms with Gasteiger partial charge in [0.15, 0.2) is 5.71 Å². The molecule has 4 fully saturated rings. The average Bonchev–Trinajstić information content (AvgIpc) is 3.02. The molecule has 0 aromatic heterocycles. The molecule has 6 rings (SSSR count). The molecule has 4 saturated carbocycles. The molecule has 276 valence electrons. The SMILES string of the molecule is N=C(c1ccc(OCCCOc2ccc(/C(=N\OS(=O)(=O)C(F)(F)C(F)COC34CC5CC(CC(C5)C3)C4)C(F)(F)F)cc2)cc1)C(F)(F)F. The van der Waals surface area contributed by atoms with Gasteiger partial charge in [0.25, 0.3) is 0 Å². The largest absolute Gasteiger partial charge is 0.493 e. The zero-order valence-corrected chi connectivity index (χ0v) is 27.0. The first-order valence-electron chi connectivity index (χ1n) is 15.6. The van der Waals surface area contributed by atoms with Gasteiger partial charge in [-0.05, 0) is 105 Å². The third-order valence-corrected chi connectivity index (χ3v) is 10.3. The van der Waals surface area contributed by atoms with E-state index in [4.69, 9.17) is 19.6 Å². The summed E-state index contributed by atoms with van der Waals surface area (Å²) >= 11 is 0. The summed E-state index contributed by atoms with van der Waals surface area (Å²) in [6.07, 6.45) is -8.73. The molecule has 18 heteroatoms. The fourth-order valence-corrected chi connectivity index (χ4v) is 7.80. The van der Waals surface area contributed by atoms with Crippen LogP contribution in [0.1, 0.15) is 56.1 Å². The number of hydrogen-bond acceptors (Lipinski definition) is 8. The van der Waals surface area contributed by atoms with E-state index in [1.54, 1.807) is 0 Å². The minimum absolute atomic E-state index is 0.0101. The maximum atomic E-state index is 14.7. The standard InChI is InChI=1S/C32H33F9N2O6S/c33-26(18-48-29-15-19-12-20(16-29)14-21(13-19)17-29)32(40,41)50(44,45)49-43-28(31(37,38)39)23-4-8-25(9-5-23)47-11-1-10-46-24-6-2-22(3-7-24)27(42)30(34,35)36/h2-9,19-21,26,42H,1,10-18H2/b42-27?,43-28+. The van der Waals surface area contributed by atoms with Gasteiger partial charge in [-0.25, -0.2) is 4.39 Å². The van der Waals surface area contributed by atoms with Crippen molar-refractivity contribution in [2.45, 2.75) is 74.3 Å². The van der Waals surface area contributed by atoms with E-state index >= 15 is 0 Å². The first-order chi connectivity index (χ1) is 23.3. The van der Waals surface area contributed by atoms with E-state index in [1.165, 1.54) is 12.1 Å². The van der Waals surface area contributed by atoms with Gasteiger partial charge >= 0.3 is 27.7 Å². The summed E-state index contributed by atoms with van der Waals surface area (Å²) in [4.78, 5) is 0. The van der Waals surface area contributed by atoms with Gasteiger partial charge in [0.1, 0.15) is 17.2 Å². The lowest BCUT2D eigenvalue weighted by Gasteiger charge is -2.56. The van der Waals surface area contributed by atoms with Crippen molar-refractivity contribution in [2.24, 2.45) is 22.9 Å². The average molecular weight is 745 g/mol. The number of rotatable bonds is 15. The molecular weight excluding hydrogens is 711 g/mol. The monoisotopic (exact) mass is 744 g/mol. The molecule has 2 aromatic rings. The third-order valence-electron chi connectivity index (χ3n) is 9.09. The fourth-order valence-electron chi connectivity index (χ4n) is 7.15. The van der Waals surface area contributed by atoms with Crippen molar-refractivity contribution in [1.29, 1.82) is 5.41 Å². The molecule has 0 spiro atoms. The topological polar surface area (TPSA) is 107 Å². The second kappa shape index (κ2) is 14.2. The molecule has 4 aliphatic carbocycles. The van der Waals surface area contributed by atoms with Gasteiger partial charge in [0.05, 0.1) is 25.4 Å². The highest BCUT2D eigenvalue weighted by Crippen LogP contribution is 2.57. The van der Waals surface area contributed by atoms with E-state index in [0.29, 0.717) is 37.0 Å². The molecule has 0 amide bonds. The van der Waals surface area contributed by atoms with E-state index in [9.17, 15) is 47.9 Å². The number of benzene rings is 2. The Hall–Kier alpha value is -3.54. The molecule has 0 heterocycles. The maximum Gasteiger partial charge on any atom is 0.437 e. The molecule has 4 aliphatic rings. The Labute approximate surface area is 281 Å². The maximum absolute atomic E-state index is 14.7. The van der Waals surface area contributed by atoms with E-state index in [-0.39, 0.29) is 36.7 Å². The molecule has 0 aliphatic heterocycles. The van der Waals surface area contributed by atoms with Gasteiger partial charge < -0.3 is 14.2 Å². The lowest BCUT2D eigenvalue weighted by atomic mass is 9.54. The van der Waals surface area contributed by atoms with Crippen LogP contribution in [0.5, 0.6) is 11.5 Å². The van der Waals surface area contributed by atoms with E-state index in [2.05, 4.69) is 9.44 Å². The normalized spacial score (nSPS) is 24.6. The Morgan fingerprint density at radius 1 is 0.780 bits per heavy atom. The quantitative estimate of drug-likeness (QED) is 0.0858. The highest BCUT2D eigenvalue weighted by molar-refractivity contribution is 7.87. The highest BCUT2D eigenvalue weighted by atomic mass is 32.2. The minimum Gasteiger partial charge on any atom is -0.493 e. The molecule has 4 bridgehead atoms. The minimum atomic E-state index is -6.33. The molecule has 0 saturated heterocycles. The molecule has 8 nitrogen and oxygen atoms in total. The summed E-state index contributed by atoms with van der Waals surface area (Å²) < 4.78 is 168. The van der Waals surface area contributed by atoms with Crippen LogP contribution in [0.3, 0.4) is 0 Å². The summed E-state index contributed by atoms with van der Waals surface area (Å²) in [5.41, 5.74) is -5.42. The lowest BCUT2D eigenvalue weighted by Crippen LogP contribution is -2.53. The van der Waals surface area contributed by atoms with Crippen LogP contribution >= 0.6 is 0 Å². The summed E-state index contributed by atoms with van der Waals surface area (Å²) in [6.45, 7) is -1.25. The molecule has 50 heavy (non-hydrogen) atoms. The van der Waals surface area contributed by atoms with Crippen molar-refractivity contribution in [3.8, 4) is 11.5 Å². The third kappa shape index (κ3) is 8.66. The van der Waals surface area contributed by atoms with Crippen molar-refractivity contribution >= 4 is 21.5 Å². The van der Waals surface area contributed by atoms with Gasteiger partial charge in [-0.15, -0.1) is 0 Å². The van der Waals surface area contributed by atoms with Crippen molar-refractivity contribution in [1.82, 2.24) is 0 Å². The van der Waals surface area contributed by atoms with E-state index in [0.717, 1.165) is 55.7 Å². The van der Waals surface area contributed by atoms with Gasteiger partial charge in [-0.3, -0.25) is 9.69 Å². The van der Waals surface area contributed by atoms with Crippen LogP contribution < -0.4 is 9.47 Å². The summed E-state index contributed by atoms with van der Waals surface area (Å²) in [6, 6.07) is 8.42. The number of nitrogens with one attached hydrogen (secondary N) is 1. The second-order valence-electron chi connectivity index (χ2n) is 12.9. The van der Waals surface area contributed by atoms with Gasteiger partial charge in [0.2, 0.25) is 6.17 Å². The number of oxime groups is 1. The van der Waals surface area contributed by atoms with E-state index in [1.807, 2.05) is 0 Å². The van der Waals surface area contributed by atoms with Crippen LogP contribution in [0.2, 0.25) is 0 Å². The first kappa shape index (κ1) is 37.7. The van der Waals surface area contributed by atoms with Gasteiger partial charge in [-0.2, -0.15) is 43.5 Å². The smallest absolute Gasteiger partial charge is 0.437 e. The Morgan fingerprint density at radius 2 is 1.24 bits per heavy atom. The molecule has 2 aromatic carbocycles. The van der Waals surface area contributed by atoms with Crippen LogP contribution in [0.4, 0.5) is 39.5 Å². The highest BCUT2D eigenvalue weighted by Gasteiger charge is 2.58. The molecule has 1 atom stereocenters. The zero-order chi connectivity index (χ0) is 36.5. The van der Waals surface area contributed by atoms with Crippen molar-refractivity contribution in [2.75, 3.05) is 19.8 Å². The number of halogens is 9. The Morgan fingerprint density at radius 3 is 1.68 bits per heavy atom. The molecular formula is C32H33F9N2O6S. The Bertz CT molecular complexity index is 1610. The molecule has 1 N–H and O–H groups in total. The summed E-state index contributed by atoms with van der Waals surface area (Å²) in [5.74, 6) is 1.28. The molecule has 1 unspecified atom stereocenters. The lowest BCUT2D eigenvalue weighted by molar-refractivity contribution is -0.181. The predicted molar refractivity (Wildman–Crippen MR) is 161 cm³/mol. The number of alkyl halides is 9. The predicted octanol–water partition coefficient (Wildman–Crippen LogP) is 7.99. The number of nitrogens with zero attached hydrogens (tertiary/aromatic N) is 1. The van der Waals surface area contributed by atoms with Crippen LogP contribution in [-0.4, -0.2) is 69.0 Å². The Kier molecular flexibility index (Phi) is 10.7. The number of ether oxygens (including phenoxy) is 3. The van der Waals surface area contributed by atoms with Crippen LogP contribution in [0.15, 0.2) is 53.7 Å². The van der Waals surface area contributed by atoms with Crippen LogP contribution in [-0.2, 0) is 19.1 Å². The number of hydrogen-bond donors (Lipinski definition) is 1. The van der Waals surface area contributed by atoms with Crippen molar-refractivity contribution < 1.29 is 66.4 Å². The Balaban J connectivity index is 1.12. The second-order valence-corrected chi connectivity index (χ2v) is 14.5. The molecule has 0 radical (unpaired) electrons. The summed E-state index contributed by atoms with van der Waals surface area (Å²) in [5, 5.41) is 4.32. The van der Waals surface area contributed by atoms with Gasteiger partial charge in [0, 0.05) is 17.5 Å².